The van der Waals surface area contributed by atoms with Gasteiger partial charge in [0.15, 0.2) is 0 Å². The topological polar surface area (TPSA) is 40.5 Å². The van der Waals surface area contributed by atoms with Gasteiger partial charge in [-0.3, -0.25) is 0 Å². The van der Waals surface area contributed by atoms with Crippen molar-refractivity contribution >= 4 is 8.07 Å². The molecule has 1 aliphatic carbocycles. The van der Waals surface area contributed by atoms with Crippen LogP contribution < -0.4 is 0 Å². The third kappa shape index (κ3) is 4.36. The predicted molar refractivity (Wildman–Crippen MR) is 80.5 cm³/mol. The van der Waals surface area contributed by atoms with Crippen molar-refractivity contribution in [3.63, 3.8) is 0 Å². The molecule has 0 aromatic heterocycles. The molecule has 0 spiro atoms. The lowest BCUT2D eigenvalue weighted by atomic mass is 9.97. The smallest absolute Gasteiger partial charge is 0.0854 e. The highest BCUT2D eigenvalue weighted by molar-refractivity contribution is 6.79. The standard InChI is InChI=1S/C15H32O2Si/c1-18(2,3)15(17)13-11-9-7-5-4-6-8-10-12-14(15)16/h14,16-17H,4-13H2,1-3H3/t14?,15-/m1/s1. The summed E-state index contributed by atoms with van der Waals surface area (Å²) < 4.78 is 0. The van der Waals surface area contributed by atoms with Gasteiger partial charge in [0.1, 0.15) is 0 Å². The summed E-state index contributed by atoms with van der Waals surface area (Å²) in [5, 5.41) is 20.6. The third-order valence-electron chi connectivity index (χ3n) is 4.64. The van der Waals surface area contributed by atoms with Gasteiger partial charge in [0, 0.05) is 0 Å². The van der Waals surface area contributed by atoms with Crippen molar-refractivity contribution in [2.75, 3.05) is 0 Å². The van der Waals surface area contributed by atoms with Gasteiger partial charge in [-0.15, -0.1) is 0 Å². The second kappa shape index (κ2) is 7.06. The van der Waals surface area contributed by atoms with E-state index in [1.807, 2.05) is 0 Å². The van der Waals surface area contributed by atoms with Crippen molar-refractivity contribution in [1.82, 2.24) is 0 Å². The summed E-state index contributed by atoms with van der Waals surface area (Å²) in [5.41, 5.74) is 0. The second-order valence-corrected chi connectivity index (χ2v) is 12.4. The first kappa shape index (κ1) is 16.2. The molecule has 18 heavy (non-hydrogen) atoms. The fraction of sp³-hybridized carbons (Fsp3) is 1.00. The molecule has 108 valence electrons. The summed E-state index contributed by atoms with van der Waals surface area (Å²) in [6.45, 7) is 6.55. The minimum absolute atomic E-state index is 0.511. The molecule has 0 saturated heterocycles. The van der Waals surface area contributed by atoms with Gasteiger partial charge in [0.25, 0.3) is 0 Å². The summed E-state index contributed by atoms with van der Waals surface area (Å²) in [5.74, 6) is 0. The number of aliphatic hydroxyl groups excluding tert-OH is 1. The highest BCUT2D eigenvalue weighted by Gasteiger charge is 2.46. The first-order valence-electron chi connectivity index (χ1n) is 7.78. The van der Waals surface area contributed by atoms with Crippen molar-refractivity contribution in [3.05, 3.63) is 0 Å². The normalized spacial score (nSPS) is 33.5. The summed E-state index contributed by atoms with van der Waals surface area (Å²) >= 11 is 0. The average Bonchev–Trinajstić information content (AvgIpc) is 2.27. The Morgan fingerprint density at radius 3 is 1.78 bits per heavy atom. The molecule has 1 saturated carbocycles. The summed E-state index contributed by atoms with van der Waals surface area (Å²) in [6.07, 6.45) is 10.9. The molecule has 0 heterocycles. The van der Waals surface area contributed by atoms with Gasteiger partial charge >= 0.3 is 0 Å². The van der Waals surface area contributed by atoms with Gasteiger partial charge in [-0.05, 0) is 12.8 Å². The van der Waals surface area contributed by atoms with Crippen molar-refractivity contribution in [1.29, 1.82) is 0 Å². The van der Waals surface area contributed by atoms with Gasteiger partial charge in [-0.25, -0.2) is 0 Å². The molecule has 0 bridgehead atoms. The maximum Gasteiger partial charge on any atom is 0.0854 e. The lowest BCUT2D eigenvalue weighted by molar-refractivity contribution is -0.0338. The maximum absolute atomic E-state index is 11.0. The van der Waals surface area contributed by atoms with Crippen molar-refractivity contribution in [2.24, 2.45) is 0 Å². The largest absolute Gasteiger partial charge is 0.391 e. The Labute approximate surface area is 114 Å². The summed E-state index contributed by atoms with van der Waals surface area (Å²) in [7, 11) is -1.76. The summed E-state index contributed by atoms with van der Waals surface area (Å²) in [6, 6.07) is 0. The number of aliphatic hydroxyl groups is 2. The predicted octanol–water partition coefficient (Wildman–Crippen LogP) is 3.87. The van der Waals surface area contributed by atoms with Crippen LogP contribution in [0.15, 0.2) is 0 Å². The molecule has 1 unspecified atom stereocenters. The Bertz CT molecular complexity index is 237. The third-order valence-corrected chi connectivity index (χ3v) is 7.82. The van der Waals surface area contributed by atoms with E-state index in [1.165, 1.54) is 38.5 Å². The fourth-order valence-electron chi connectivity index (χ4n) is 3.07. The van der Waals surface area contributed by atoms with Crippen molar-refractivity contribution < 1.29 is 10.2 Å². The molecule has 0 amide bonds. The van der Waals surface area contributed by atoms with Crippen LogP contribution in [0.5, 0.6) is 0 Å². The van der Waals surface area contributed by atoms with Gasteiger partial charge in [0.2, 0.25) is 0 Å². The van der Waals surface area contributed by atoms with Crippen LogP contribution in [0.25, 0.3) is 0 Å². The van der Waals surface area contributed by atoms with Gasteiger partial charge in [-0.1, -0.05) is 71.0 Å². The van der Waals surface area contributed by atoms with Crippen molar-refractivity contribution in [2.45, 2.75) is 95.2 Å². The zero-order chi connectivity index (χ0) is 13.6. The van der Waals surface area contributed by atoms with Gasteiger partial charge < -0.3 is 10.2 Å². The maximum atomic E-state index is 11.0. The molecule has 2 N–H and O–H groups in total. The molecular weight excluding hydrogens is 240 g/mol. The molecular formula is C15H32O2Si. The van der Waals surface area contributed by atoms with Crippen LogP contribution in [0.1, 0.15) is 64.2 Å². The van der Waals surface area contributed by atoms with E-state index in [-0.39, 0.29) is 0 Å². The van der Waals surface area contributed by atoms with E-state index in [4.69, 9.17) is 0 Å². The molecule has 2 atom stereocenters. The van der Waals surface area contributed by atoms with Crippen LogP contribution in [0.3, 0.4) is 0 Å². The zero-order valence-corrected chi connectivity index (χ0v) is 13.5. The Morgan fingerprint density at radius 2 is 1.28 bits per heavy atom. The molecule has 1 aliphatic rings. The molecule has 0 aromatic rings. The molecule has 0 radical (unpaired) electrons. The Balaban J connectivity index is 2.69. The minimum Gasteiger partial charge on any atom is -0.391 e. The van der Waals surface area contributed by atoms with E-state index in [9.17, 15) is 10.2 Å². The van der Waals surface area contributed by atoms with Crippen LogP contribution in [-0.2, 0) is 0 Å². The van der Waals surface area contributed by atoms with E-state index >= 15 is 0 Å². The number of rotatable bonds is 1. The van der Waals surface area contributed by atoms with E-state index in [0.29, 0.717) is 0 Å². The van der Waals surface area contributed by atoms with Crippen LogP contribution in [0, 0.1) is 0 Å². The summed E-state index contributed by atoms with van der Waals surface area (Å²) in [4.78, 5) is 0. The van der Waals surface area contributed by atoms with Crippen LogP contribution >= 0.6 is 0 Å². The number of hydrogen-bond donors (Lipinski definition) is 2. The lowest BCUT2D eigenvalue weighted by Gasteiger charge is -2.43. The quantitative estimate of drug-likeness (QED) is 0.711. The van der Waals surface area contributed by atoms with Gasteiger partial charge in [0.05, 0.1) is 19.4 Å². The highest BCUT2D eigenvalue weighted by Crippen LogP contribution is 2.33. The Morgan fingerprint density at radius 1 is 0.833 bits per heavy atom. The first-order chi connectivity index (χ1) is 8.38. The number of hydrogen-bond acceptors (Lipinski definition) is 2. The molecule has 2 nitrogen and oxygen atoms in total. The highest BCUT2D eigenvalue weighted by atomic mass is 28.3. The van der Waals surface area contributed by atoms with Crippen LogP contribution in [-0.4, -0.2) is 29.6 Å². The second-order valence-electron chi connectivity index (χ2n) is 7.06. The van der Waals surface area contributed by atoms with E-state index in [1.54, 1.807) is 0 Å². The molecule has 1 rings (SSSR count). The SMILES string of the molecule is C[Si](C)(C)[C@]1(O)CCCCCCCCCCC1O. The molecule has 0 aliphatic heterocycles. The monoisotopic (exact) mass is 272 g/mol. The van der Waals surface area contributed by atoms with E-state index in [2.05, 4.69) is 19.6 Å². The molecule has 0 aromatic carbocycles. The van der Waals surface area contributed by atoms with Crippen LogP contribution in [0.4, 0.5) is 0 Å². The zero-order valence-electron chi connectivity index (χ0n) is 12.5. The average molecular weight is 273 g/mol. The van der Waals surface area contributed by atoms with Crippen molar-refractivity contribution in [3.8, 4) is 0 Å². The molecule has 1 fully saturated rings. The van der Waals surface area contributed by atoms with Crippen LogP contribution in [0.2, 0.25) is 19.6 Å². The Kier molecular flexibility index (Phi) is 6.35. The van der Waals surface area contributed by atoms with Gasteiger partial charge in [-0.2, -0.15) is 0 Å². The lowest BCUT2D eigenvalue weighted by Crippen LogP contribution is -2.60. The van der Waals surface area contributed by atoms with E-state index < -0.39 is 19.4 Å². The molecule has 3 heteroatoms. The minimum atomic E-state index is -1.76. The first-order valence-corrected chi connectivity index (χ1v) is 11.3. The Hall–Kier alpha value is 0.137. The van der Waals surface area contributed by atoms with E-state index in [0.717, 1.165) is 25.7 Å². The fourth-order valence-corrected chi connectivity index (χ4v) is 5.14.